The largest absolute Gasteiger partial charge is 0.361 e. The van der Waals surface area contributed by atoms with E-state index in [0.29, 0.717) is 0 Å². The number of para-hydroxylation sites is 2. The molecular weight excluding hydrogens is 460 g/mol. The molecule has 1 aliphatic carbocycles. The van der Waals surface area contributed by atoms with E-state index in [0.717, 1.165) is 59.4 Å². The second kappa shape index (κ2) is 10.2. The lowest BCUT2D eigenvalue weighted by atomic mass is 9.83. The molecule has 3 N–H and O–H groups in total. The average Bonchev–Trinajstić information content (AvgIpc) is 3.59. The van der Waals surface area contributed by atoms with Crippen LogP contribution in [0.3, 0.4) is 0 Å². The van der Waals surface area contributed by atoms with E-state index in [1.165, 1.54) is 43.2 Å². The first kappa shape index (κ1) is 24.0. The van der Waals surface area contributed by atoms with E-state index in [1.807, 2.05) is 30.5 Å². The SMILES string of the molecule is CCNC1CCCCC1.O=C1NC(=O)[C@H](c2cn3c4c(cccc24)CCC3)[C@H]1c1c[nH]c2ccccc12. The number of fused-ring (bicyclic) bond motifs is 1. The van der Waals surface area contributed by atoms with Crippen LogP contribution in [0.5, 0.6) is 0 Å². The van der Waals surface area contributed by atoms with E-state index in [-0.39, 0.29) is 11.8 Å². The highest BCUT2D eigenvalue weighted by Gasteiger charge is 2.45. The van der Waals surface area contributed by atoms with Crippen molar-refractivity contribution in [1.29, 1.82) is 0 Å². The Hall–Kier alpha value is -3.38. The summed E-state index contributed by atoms with van der Waals surface area (Å²) in [5.41, 5.74) is 5.36. The molecule has 2 fully saturated rings. The molecule has 192 valence electrons. The monoisotopic (exact) mass is 496 g/mol. The zero-order valence-corrected chi connectivity index (χ0v) is 21.6. The molecule has 2 amide bonds. The maximum absolute atomic E-state index is 12.9. The van der Waals surface area contributed by atoms with Crippen LogP contribution in [0.4, 0.5) is 0 Å². The van der Waals surface area contributed by atoms with Crippen LogP contribution < -0.4 is 10.6 Å². The van der Waals surface area contributed by atoms with Crippen LogP contribution in [0.25, 0.3) is 21.8 Å². The van der Waals surface area contributed by atoms with Crippen LogP contribution in [0.2, 0.25) is 0 Å². The molecule has 2 atom stereocenters. The van der Waals surface area contributed by atoms with Gasteiger partial charge in [0.15, 0.2) is 0 Å². The number of imide groups is 1. The molecule has 37 heavy (non-hydrogen) atoms. The van der Waals surface area contributed by atoms with Crippen molar-refractivity contribution >= 4 is 33.6 Å². The van der Waals surface area contributed by atoms with Gasteiger partial charge in [-0.25, -0.2) is 0 Å². The number of hydrogen-bond donors (Lipinski definition) is 3. The highest BCUT2D eigenvalue weighted by molar-refractivity contribution is 6.13. The van der Waals surface area contributed by atoms with Gasteiger partial charge in [0, 0.05) is 41.3 Å². The number of aromatic nitrogens is 2. The van der Waals surface area contributed by atoms with Crippen molar-refractivity contribution in [2.45, 2.75) is 76.3 Å². The maximum atomic E-state index is 12.9. The molecule has 0 spiro atoms. The molecule has 2 aromatic heterocycles. The number of amides is 2. The Balaban J connectivity index is 0.000000239. The number of aromatic amines is 1. The highest BCUT2D eigenvalue weighted by atomic mass is 16.2. The van der Waals surface area contributed by atoms with Gasteiger partial charge in [-0.15, -0.1) is 0 Å². The highest BCUT2D eigenvalue weighted by Crippen LogP contribution is 2.44. The van der Waals surface area contributed by atoms with Crippen LogP contribution >= 0.6 is 0 Å². The minimum Gasteiger partial charge on any atom is -0.361 e. The standard InChI is InChI=1S/C23H19N3O2.C8H17N/c27-22-19(16-11-24-18-9-2-1-7-14(16)18)20(23(28)25-22)17-12-26-10-4-6-13-5-3-8-15(17)21(13)26;1-2-9-8-6-4-3-5-7-8/h1-3,5,7-9,11-12,19-20,24H,4,6,10H2,(H,25,27,28);8-9H,2-7H2,1H3/t19-,20-;/m1./s1. The van der Waals surface area contributed by atoms with Gasteiger partial charge in [0.05, 0.1) is 17.4 Å². The van der Waals surface area contributed by atoms with Crippen molar-refractivity contribution < 1.29 is 9.59 Å². The number of nitrogens with one attached hydrogen (secondary N) is 3. The number of carbonyl (C=O) groups excluding carboxylic acids is 2. The summed E-state index contributed by atoms with van der Waals surface area (Å²) in [7, 11) is 0. The number of benzene rings is 2. The van der Waals surface area contributed by atoms with Gasteiger partial charge < -0.3 is 14.9 Å². The lowest BCUT2D eigenvalue weighted by Crippen LogP contribution is -2.30. The van der Waals surface area contributed by atoms with Crippen molar-refractivity contribution in [1.82, 2.24) is 20.2 Å². The summed E-state index contributed by atoms with van der Waals surface area (Å²) in [4.78, 5) is 29.0. The van der Waals surface area contributed by atoms with Gasteiger partial charge in [-0.05, 0) is 55.0 Å². The Bertz CT molecular complexity index is 1440. The van der Waals surface area contributed by atoms with Gasteiger partial charge >= 0.3 is 0 Å². The smallest absolute Gasteiger partial charge is 0.235 e. The Morgan fingerprint density at radius 2 is 1.65 bits per heavy atom. The molecular formula is C31H36N4O2. The van der Waals surface area contributed by atoms with Crippen molar-refractivity contribution in [3.63, 3.8) is 0 Å². The fourth-order valence-electron chi connectivity index (χ4n) is 6.70. The molecule has 4 heterocycles. The predicted octanol–water partition coefficient (Wildman–Crippen LogP) is 5.52. The minimum atomic E-state index is -0.521. The lowest BCUT2D eigenvalue weighted by molar-refractivity contribution is -0.125. The summed E-state index contributed by atoms with van der Waals surface area (Å²) in [6, 6.07) is 15.1. The fourth-order valence-corrected chi connectivity index (χ4v) is 6.70. The van der Waals surface area contributed by atoms with Gasteiger partial charge in [0.2, 0.25) is 11.8 Å². The first-order valence-corrected chi connectivity index (χ1v) is 13.9. The number of H-pyrrole nitrogens is 1. The second-order valence-electron chi connectivity index (χ2n) is 10.7. The molecule has 6 nitrogen and oxygen atoms in total. The molecule has 1 saturated carbocycles. The number of nitrogens with zero attached hydrogens (tertiary/aromatic N) is 1. The van der Waals surface area contributed by atoms with E-state index in [2.05, 4.69) is 51.5 Å². The van der Waals surface area contributed by atoms with Crippen molar-refractivity contribution in [2.75, 3.05) is 6.54 Å². The molecule has 3 aliphatic rings. The predicted molar refractivity (Wildman–Crippen MR) is 148 cm³/mol. The maximum Gasteiger partial charge on any atom is 0.235 e. The quantitative estimate of drug-likeness (QED) is 0.326. The molecule has 0 unspecified atom stereocenters. The van der Waals surface area contributed by atoms with Crippen molar-refractivity contribution in [3.05, 3.63) is 71.5 Å². The summed E-state index contributed by atoms with van der Waals surface area (Å²) in [6.45, 7) is 4.28. The number of carbonyl (C=O) groups is 2. The molecule has 2 aliphatic heterocycles. The first-order valence-electron chi connectivity index (χ1n) is 13.9. The molecule has 2 aromatic carbocycles. The van der Waals surface area contributed by atoms with Gasteiger partial charge in [-0.2, -0.15) is 0 Å². The number of rotatable bonds is 4. The zero-order chi connectivity index (χ0) is 25.4. The van der Waals surface area contributed by atoms with Crippen molar-refractivity contribution in [2.24, 2.45) is 0 Å². The topological polar surface area (TPSA) is 78.9 Å². The summed E-state index contributed by atoms with van der Waals surface area (Å²) in [5, 5.41) is 8.16. The molecule has 0 bridgehead atoms. The fraction of sp³-hybridized carbons (Fsp3) is 0.419. The zero-order valence-electron chi connectivity index (χ0n) is 21.6. The number of aryl methyl sites for hydroxylation is 2. The Kier molecular flexibility index (Phi) is 6.59. The van der Waals surface area contributed by atoms with E-state index in [1.54, 1.807) is 0 Å². The molecule has 7 rings (SSSR count). The van der Waals surface area contributed by atoms with Crippen LogP contribution in [0, 0.1) is 0 Å². The third-order valence-corrected chi connectivity index (χ3v) is 8.39. The summed E-state index contributed by atoms with van der Waals surface area (Å²) < 4.78 is 2.26. The Morgan fingerprint density at radius 3 is 2.46 bits per heavy atom. The van der Waals surface area contributed by atoms with Gasteiger partial charge in [-0.3, -0.25) is 14.9 Å². The van der Waals surface area contributed by atoms with Crippen LogP contribution in [0.1, 0.15) is 74.0 Å². The van der Waals surface area contributed by atoms with E-state index >= 15 is 0 Å². The third kappa shape index (κ3) is 4.37. The summed E-state index contributed by atoms with van der Waals surface area (Å²) >= 11 is 0. The third-order valence-electron chi connectivity index (χ3n) is 8.39. The molecule has 1 saturated heterocycles. The van der Waals surface area contributed by atoms with Gasteiger partial charge in [0.25, 0.3) is 0 Å². The van der Waals surface area contributed by atoms with Crippen LogP contribution in [-0.4, -0.2) is 34.0 Å². The van der Waals surface area contributed by atoms with E-state index in [9.17, 15) is 9.59 Å². The van der Waals surface area contributed by atoms with Gasteiger partial charge in [0.1, 0.15) is 0 Å². The van der Waals surface area contributed by atoms with Gasteiger partial charge in [-0.1, -0.05) is 62.6 Å². The van der Waals surface area contributed by atoms with Crippen LogP contribution in [0.15, 0.2) is 54.9 Å². The second-order valence-corrected chi connectivity index (χ2v) is 10.7. The normalized spacial score (nSPS) is 21.8. The van der Waals surface area contributed by atoms with E-state index in [4.69, 9.17) is 0 Å². The Labute approximate surface area is 217 Å². The molecule has 4 aromatic rings. The molecule has 0 radical (unpaired) electrons. The summed E-state index contributed by atoms with van der Waals surface area (Å²) in [6.07, 6.45) is 13.3. The Morgan fingerprint density at radius 1 is 0.892 bits per heavy atom. The lowest BCUT2D eigenvalue weighted by Gasteiger charge is -2.21. The van der Waals surface area contributed by atoms with E-state index < -0.39 is 11.8 Å². The first-order chi connectivity index (χ1) is 18.2. The minimum absolute atomic E-state index is 0.205. The van der Waals surface area contributed by atoms with Crippen molar-refractivity contribution in [3.8, 4) is 0 Å². The molecule has 6 heteroatoms. The number of hydrogen-bond acceptors (Lipinski definition) is 3. The average molecular weight is 497 g/mol. The summed E-state index contributed by atoms with van der Waals surface area (Å²) in [5.74, 6) is -1.45. The van der Waals surface area contributed by atoms with Crippen LogP contribution in [-0.2, 0) is 22.6 Å².